The summed E-state index contributed by atoms with van der Waals surface area (Å²) in [5.41, 5.74) is 0.545. The molecule has 6 nitrogen and oxygen atoms in total. The molecule has 2 heterocycles. The van der Waals surface area contributed by atoms with Gasteiger partial charge in [0.2, 0.25) is 10.0 Å². The predicted molar refractivity (Wildman–Crippen MR) is 104 cm³/mol. The number of piperazine rings is 1. The zero-order valence-corrected chi connectivity index (χ0v) is 16.8. The number of sulfonamides is 1. The summed E-state index contributed by atoms with van der Waals surface area (Å²) in [6.45, 7) is 5.43. The van der Waals surface area contributed by atoms with E-state index in [0.29, 0.717) is 25.2 Å². The topological polar surface area (TPSA) is 69.7 Å². The molecule has 2 aliphatic rings. The molecule has 1 N–H and O–H groups in total. The summed E-state index contributed by atoms with van der Waals surface area (Å²) in [4.78, 5) is 14.8. The van der Waals surface area contributed by atoms with Crippen molar-refractivity contribution in [2.45, 2.75) is 43.5 Å². The molecule has 0 aromatic heterocycles. The molecule has 26 heavy (non-hydrogen) atoms. The van der Waals surface area contributed by atoms with Crippen LogP contribution in [-0.4, -0.2) is 62.3 Å². The molecule has 0 radical (unpaired) electrons. The van der Waals surface area contributed by atoms with Crippen LogP contribution in [0.5, 0.6) is 0 Å². The van der Waals surface area contributed by atoms with Crippen LogP contribution in [0.4, 0.5) is 0 Å². The van der Waals surface area contributed by atoms with Gasteiger partial charge in [0.1, 0.15) is 0 Å². The maximum atomic E-state index is 12.8. The second-order valence-electron chi connectivity index (χ2n) is 6.89. The van der Waals surface area contributed by atoms with E-state index >= 15 is 0 Å². The van der Waals surface area contributed by atoms with E-state index in [4.69, 9.17) is 0 Å². The Bertz CT molecular complexity index is 701. The highest BCUT2D eigenvalue weighted by Gasteiger charge is 2.27. The highest BCUT2D eigenvalue weighted by molar-refractivity contribution is 7.89. The summed E-state index contributed by atoms with van der Waals surface area (Å²) in [6.07, 6.45) is 4.00. The molecule has 0 bridgehead atoms. The minimum absolute atomic E-state index is 0. The zero-order chi connectivity index (χ0) is 17.9. The SMILES string of the molecule is C[C@@H]1CNCCN1C(=O)c1ccc(S(=O)(=O)N2CCCCCC2)cc1.Cl. The number of nitrogens with zero attached hydrogens (tertiary/aromatic N) is 2. The van der Waals surface area contributed by atoms with Crippen molar-refractivity contribution in [2.24, 2.45) is 0 Å². The molecular weight excluding hydrogens is 374 g/mol. The van der Waals surface area contributed by atoms with Crippen molar-refractivity contribution in [3.8, 4) is 0 Å². The highest BCUT2D eigenvalue weighted by atomic mass is 35.5. The molecule has 2 fully saturated rings. The molecule has 3 rings (SSSR count). The van der Waals surface area contributed by atoms with Crippen molar-refractivity contribution in [1.29, 1.82) is 0 Å². The van der Waals surface area contributed by atoms with Gasteiger partial charge in [-0.3, -0.25) is 4.79 Å². The van der Waals surface area contributed by atoms with Gasteiger partial charge in [-0.1, -0.05) is 12.8 Å². The predicted octanol–water partition coefficient (Wildman–Crippen LogP) is 2.11. The van der Waals surface area contributed by atoms with Gasteiger partial charge in [-0.25, -0.2) is 8.42 Å². The van der Waals surface area contributed by atoms with Gasteiger partial charge in [-0.15, -0.1) is 12.4 Å². The van der Waals surface area contributed by atoms with Crippen LogP contribution in [0.1, 0.15) is 43.0 Å². The third-order valence-electron chi connectivity index (χ3n) is 5.07. The maximum Gasteiger partial charge on any atom is 0.254 e. The number of hydrogen-bond donors (Lipinski definition) is 1. The summed E-state index contributed by atoms with van der Waals surface area (Å²) < 4.78 is 27.2. The Balaban J connectivity index is 0.00000243. The zero-order valence-electron chi connectivity index (χ0n) is 15.2. The fraction of sp³-hybridized carbons (Fsp3) is 0.611. The molecule has 1 atom stereocenters. The Labute approximate surface area is 162 Å². The first-order valence-electron chi connectivity index (χ1n) is 9.12. The molecule has 8 heteroatoms. The standard InChI is InChI=1S/C18H27N3O3S.ClH/c1-15-14-19-10-13-21(15)18(22)16-6-8-17(9-7-16)25(23,24)20-11-4-2-3-5-12-20;/h6-9,15,19H,2-5,10-14H2,1H3;1H/t15-;/m1./s1. The summed E-state index contributed by atoms with van der Waals surface area (Å²) in [6, 6.07) is 6.56. The van der Waals surface area contributed by atoms with Gasteiger partial charge in [0.15, 0.2) is 0 Å². The van der Waals surface area contributed by atoms with Gasteiger partial charge in [-0.2, -0.15) is 4.31 Å². The van der Waals surface area contributed by atoms with E-state index in [1.54, 1.807) is 28.6 Å². The smallest absolute Gasteiger partial charge is 0.254 e. The van der Waals surface area contributed by atoms with Crippen molar-refractivity contribution in [3.05, 3.63) is 29.8 Å². The molecule has 0 saturated carbocycles. The average molecular weight is 402 g/mol. The molecule has 1 aromatic rings. The number of rotatable bonds is 3. The van der Waals surface area contributed by atoms with Crippen LogP contribution in [0.3, 0.4) is 0 Å². The normalized spacial score (nSPS) is 22.3. The molecule has 0 aliphatic carbocycles. The lowest BCUT2D eigenvalue weighted by molar-refractivity contribution is 0.0655. The van der Waals surface area contributed by atoms with E-state index in [1.165, 1.54) is 0 Å². The van der Waals surface area contributed by atoms with Crippen LogP contribution in [0.25, 0.3) is 0 Å². The maximum absolute atomic E-state index is 12.8. The van der Waals surface area contributed by atoms with Crippen molar-refractivity contribution in [2.75, 3.05) is 32.7 Å². The average Bonchev–Trinajstić information content (AvgIpc) is 2.92. The largest absolute Gasteiger partial charge is 0.333 e. The van der Waals surface area contributed by atoms with Gasteiger partial charge < -0.3 is 10.2 Å². The van der Waals surface area contributed by atoms with E-state index in [2.05, 4.69) is 5.32 Å². The quantitative estimate of drug-likeness (QED) is 0.842. The summed E-state index contributed by atoms with van der Waals surface area (Å²) >= 11 is 0. The fourth-order valence-corrected chi connectivity index (χ4v) is 5.03. The van der Waals surface area contributed by atoms with Crippen LogP contribution in [0.15, 0.2) is 29.2 Å². The van der Waals surface area contributed by atoms with Crippen LogP contribution >= 0.6 is 12.4 Å². The molecule has 0 unspecified atom stereocenters. The van der Waals surface area contributed by atoms with Gasteiger partial charge in [0.05, 0.1) is 4.90 Å². The Kier molecular flexibility index (Phi) is 7.46. The number of hydrogen-bond acceptors (Lipinski definition) is 4. The van der Waals surface area contributed by atoms with Gasteiger partial charge >= 0.3 is 0 Å². The van der Waals surface area contributed by atoms with Crippen molar-refractivity contribution < 1.29 is 13.2 Å². The van der Waals surface area contributed by atoms with E-state index in [0.717, 1.165) is 38.8 Å². The lowest BCUT2D eigenvalue weighted by atomic mass is 10.1. The number of halogens is 1. The first-order valence-corrected chi connectivity index (χ1v) is 10.6. The van der Waals surface area contributed by atoms with Gasteiger partial charge in [0, 0.05) is 44.3 Å². The van der Waals surface area contributed by atoms with E-state index in [-0.39, 0.29) is 29.3 Å². The summed E-state index contributed by atoms with van der Waals surface area (Å²) in [7, 11) is -3.47. The minimum Gasteiger partial charge on any atom is -0.333 e. The summed E-state index contributed by atoms with van der Waals surface area (Å²) in [5, 5.41) is 3.26. The van der Waals surface area contributed by atoms with Crippen LogP contribution in [0, 0.1) is 0 Å². The molecular formula is C18H28ClN3O3S. The lowest BCUT2D eigenvalue weighted by Crippen LogP contribution is -2.52. The third-order valence-corrected chi connectivity index (χ3v) is 6.98. The third kappa shape index (κ3) is 4.57. The highest BCUT2D eigenvalue weighted by Crippen LogP contribution is 2.21. The Hall–Kier alpha value is -1.15. The Morgan fingerprint density at radius 1 is 1.04 bits per heavy atom. The molecule has 2 saturated heterocycles. The van der Waals surface area contributed by atoms with Crippen LogP contribution in [-0.2, 0) is 10.0 Å². The van der Waals surface area contributed by atoms with Crippen LogP contribution in [0.2, 0.25) is 0 Å². The van der Waals surface area contributed by atoms with Gasteiger partial charge in [0.25, 0.3) is 5.91 Å². The molecule has 1 amide bonds. The first kappa shape index (κ1) is 21.2. The Morgan fingerprint density at radius 3 is 2.23 bits per heavy atom. The molecule has 0 spiro atoms. The number of nitrogens with one attached hydrogen (secondary N) is 1. The lowest BCUT2D eigenvalue weighted by Gasteiger charge is -2.34. The van der Waals surface area contributed by atoms with E-state index in [9.17, 15) is 13.2 Å². The van der Waals surface area contributed by atoms with Crippen molar-refractivity contribution in [1.82, 2.24) is 14.5 Å². The number of carbonyl (C=O) groups excluding carboxylic acids is 1. The van der Waals surface area contributed by atoms with E-state index in [1.807, 2.05) is 11.8 Å². The Morgan fingerprint density at radius 2 is 1.65 bits per heavy atom. The fourth-order valence-electron chi connectivity index (χ4n) is 3.51. The summed E-state index contributed by atoms with van der Waals surface area (Å²) in [5.74, 6) is -0.0345. The molecule has 2 aliphatic heterocycles. The number of carbonyl (C=O) groups is 1. The molecule has 146 valence electrons. The minimum atomic E-state index is -3.47. The van der Waals surface area contributed by atoms with Crippen LogP contribution < -0.4 is 5.32 Å². The molecule has 1 aromatic carbocycles. The monoisotopic (exact) mass is 401 g/mol. The first-order chi connectivity index (χ1) is 12.0. The second-order valence-corrected chi connectivity index (χ2v) is 8.83. The van der Waals surface area contributed by atoms with Gasteiger partial charge in [-0.05, 0) is 44.0 Å². The number of benzene rings is 1. The van der Waals surface area contributed by atoms with E-state index < -0.39 is 10.0 Å². The number of amides is 1. The van der Waals surface area contributed by atoms with Crippen molar-refractivity contribution >= 4 is 28.3 Å². The second kappa shape index (κ2) is 9.17. The van der Waals surface area contributed by atoms with Crippen molar-refractivity contribution in [3.63, 3.8) is 0 Å².